The second-order valence-corrected chi connectivity index (χ2v) is 8.23. The summed E-state index contributed by atoms with van der Waals surface area (Å²) in [5.41, 5.74) is 5.45. The molecule has 0 bridgehead atoms. The number of methoxy groups -OCH3 is 1. The summed E-state index contributed by atoms with van der Waals surface area (Å²) in [7, 11) is 7.58. The SMILES string of the molecule is COc1ccc(CC(=O)Nc2cc3[nH]c(CN(C)c4ccccc4)nc3cc2N(C)C)cc1. The largest absolute Gasteiger partial charge is 0.497 e. The van der Waals surface area contributed by atoms with Crippen LogP contribution in [-0.4, -0.2) is 44.1 Å². The maximum Gasteiger partial charge on any atom is 0.228 e. The van der Waals surface area contributed by atoms with Crippen molar-refractivity contribution in [1.82, 2.24) is 9.97 Å². The first-order chi connectivity index (χ1) is 15.9. The minimum Gasteiger partial charge on any atom is -0.497 e. The Kier molecular flexibility index (Phi) is 6.49. The number of benzene rings is 3. The molecule has 4 rings (SSSR count). The Labute approximate surface area is 194 Å². The van der Waals surface area contributed by atoms with E-state index in [2.05, 4.69) is 27.3 Å². The number of hydrogen-bond acceptors (Lipinski definition) is 5. The monoisotopic (exact) mass is 443 g/mol. The van der Waals surface area contributed by atoms with Crippen LogP contribution in [0, 0.1) is 0 Å². The van der Waals surface area contributed by atoms with E-state index in [0.29, 0.717) is 6.54 Å². The lowest BCUT2D eigenvalue weighted by Crippen LogP contribution is -2.18. The number of H-pyrrole nitrogens is 1. The molecule has 7 heteroatoms. The number of hydrogen-bond donors (Lipinski definition) is 2. The first kappa shape index (κ1) is 22.2. The lowest BCUT2D eigenvalue weighted by molar-refractivity contribution is -0.115. The zero-order chi connectivity index (χ0) is 23.4. The van der Waals surface area contributed by atoms with Gasteiger partial charge in [0.05, 0.1) is 42.5 Å². The van der Waals surface area contributed by atoms with Crippen LogP contribution >= 0.6 is 0 Å². The van der Waals surface area contributed by atoms with E-state index < -0.39 is 0 Å². The number of fused-ring (bicyclic) bond motifs is 1. The molecule has 0 saturated heterocycles. The molecular weight excluding hydrogens is 414 g/mol. The Morgan fingerprint density at radius 3 is 2.42 bits per heavy atom. The number of rotatable bonds is 8. The number of imidazole rings is 1. The molecule has 0 aliphatic rings. The van der Waals surface area contributed by atoms with E-state index in [-0.39, 0.29) is 12.3 Å². The van der Waals surface area contributed by atoms with Crippen molar-refractivity contribution in [2.45, 2.75) is 13.0 Å². The highest BCUT2D eigenvalue weighted by Crippen LogP contribution is 2.30. The number of para-hydroxylation sites is 1. The quantitative estimate of drug-likeness (QED) is 0.421. The number of aromatic nitrogens is 2. The van der Waals surface area contributed by atoms with Gasteiger partial charge in [-0.2, -0.15) is 0 Å². The fraction of sp³-hybridized carbons (Fsp3) is 0.231. The summed E-state index contributed by atoms with van der Waals surface area (Å²) >= 11 is 0. The van der Waals surface area contributed by atoms with Gasteiger partial charge in [-0.3, -0.25) is 4.79 Å². The van der Waals surface area contributed by atoms with Gasteiger partial charge in [0.1, 0.15) is 11.6 Å². The van der Waals surface area contributed by atoms with E-state index >= 15 is 0 Å². The number of ether oxygens (including phenoxy) is 1. The van der Waals surface area contributed by atoms with E-state index in [4.69, 9.17) is 9.72 Å². The van der Waals surface area contributed by atoms with Gasteiger partial charge in [-0.05, 0) is 42.0 Å². The van der Waals surface area contributed by atoms with E-state index in [0.717, 1.165) is 45.2 Å². The number of carbonyl (C=O) groups excluding carboxylic acids is 1. The molecular formula is C26H29N5O2. The Morgan fingerprint density at radius 2 is 1.76 bits per heavy atom. The van der Waals surface area contributed by atoms with Crippen molar-refractivity contribution in [2.75, 3.05) is 43.4 Å². The zero-order valence-electron chi connectivity index (χ0n) is 19.4. The molecule has 0 atom stereocenters. The van der Waals surface area contributed by atoms with Gasteiger partial charge in [0.25, 0.3) is 0 Å². The third kappa shape index (κ3) is 5.26. The lowest BCUT2D eigenvalue weighted by Gasteiger charge is -2.18. The summed E-state index contributed by atoms with van der Waals surface area (Å²) in [4.78, 5) is 25.1. The molecule has 0 aliphatic carbocycles. The number of amides is 1. The third-order valence-corrected chi connectivity index (χ3v) is 5.51. The maximum atomic E-state index is 12.8. The van der Waals surface area contributed by atoms with Crippen molar-refractivity contribution >= 4 is 34.0 Å². The minimum atomic E-state index is -0.0776. The summed E-state index contributed by atoms with van der Waals surface area (Å²) in [5, 5.41) is 3.07. The van der Waals surface area contributed by atoms with Gasteiger partial charge in [-0.15, -0.1) is 0 Å². The molecule has 33 heavy (non-hydrogen) atoms. The van der Waals surface area contributed by atoms with Gasteiger partial charge in [0.15, 0.2) is 0 Å². The molecule has 2 N–H and O–H groups in total. The molecule has 0 aliphatic heterocycles. The maximum absolute atomic E-state index is 12.8. The van der Waals surface area contributed by atoms with Crippen molar-refractivity contribution in [3.63, 3.8) is 0 Å². The molecule has 0 fully saturated rings. The Hall–Kier alpha value is -4.00. The van der Waals surface area contributed by atoms with E-state index in [9.17, 15) is 4.79 Å². The fourth-order valence-corrected chi connectivity index (χ4v) is 3.77. The Bertz CT molecular complexity index is 1230. The number of carbonyl (C=O) groups is 1. The van der Waals surface area contributed by atoms with Gasteiger partial charge in [-0.25, -0.2) is 4.98 Å². The van der Waals surface area contributed by atoms with Crippen LogP contribution in [0.5, 0.6) is 5.75 Å². The summed E-state index contributed by atoms with van der Waals surface area (Å²) in [6, 6.07) is 21.7. The highest BCUT2D eigenvalue weighted by molar-refractivity contribution is 5.99. The van der Waals surface area contributed by atoms with Crippen molar-refractivity contribution in [3.05, 3.63) is 78.1 Å². The highest BCUT2D eigenvalue weighted by atomic mass is 16.5. The molecule has 0 saturated carbocycles. The van der Waals surface area contributed by atoms with Crippen LogP contribution in [0.3, 0.4) is 0 Å². The highest BCUT2D eigenvalue weighted by Gasteiger charge is 2.14. The summed E-state index contributed by atoms with van der Waals surface area (Å²) in [6.07, 6.45) is 0.283. The lowest BCUT2D eigenvalue weighted by atomic mass is 10.1. The molecule has 3 aromatic carbocycles. The van der Waals surface area contributed by atoms with Gasteiger partial charge in [0.2, 0.25) is 5.91 Å². The second kappa shape index (κ2) is 9.65. The Morgan fingerprint density at radius 1 is 1.03 bits per heavy atom. The van der Waals surface area contributed by atoms with Crippen LogP contribution in [0.1, 0.15) is 11.4 Å². The van der Waals surface area contributed by atoms with Crippen molar-refractivity contribution in [3.8, 4) is 5.75 Å². The summed E-state index contributed by atoms with van der Waals surface area (Å²) < 4.78 is 5.19. The van der Waals surface area contributed by atoms with E-state index in [1.807, 2.05) is 80.6 Å². The minimum absolute atomic E-state index is 0.0776. The van der Waals surface area contributed by atoms with Gasteiger partial charge < -0.3 is 24.8 Å². The normalized spacial score (nSPS) is 10.8. The van der Waals surface area contributed by atoms with Crippen molar-refractivity contribution in [1.29, 1.82) is 0 Å². The molecule has 7 nitrogen and oxygen atoms in total. The predicted molar refractivity (Wildman–Crippen MR) is 134 cm³/mol. The fourth-order valence-electron chi connectivity index (χ4n) is 3.77. The first-order valence-corrected chi connectivity index (χ1v) is 10.8. The molecule has 0 radical (unpaired) electrons. The summed E-state index contributed by atoms with van der Waals surface area (Å²) in [5.74, 6) is 1.56. The number of aromatic amines is 1. The van der Waals surface area contributed by atoms with Crippen LogP contribution in [-0.2, 0) is 17.8 Å². The molecule has 170 valence electrons. The average molecular weight is 444 g/mol. The summed E-state index contributed by atoms with van der Waals surface area (Å²) in [6.45, 7) is 0.648. The number of anilines is 3. The number of nitrogens with one attached hydrogen (secondary N) is 2. The zero-order valence-corrected chi connectivity index (χ0v) is 19.4. The molecule has 1 heterocycles. The smallest absolute Gasteiger partial charge is 0.228 e. The molecule has 1 aromatic heterocycles. The first-order valence-electron chi connectivity index (χ1n) is 10.8. The molecule has 0 spiro atoms. The predicted octanol–water partition coefficient (Wildman–Crippen LogP) is 4.46. The van der Waals surface area contributed by atoms with Gasteiger partial charge >= 0.3 is 0 Å². The van der Waals surface area contributed by atoms with Crippen molar-refractivity contribution < 1.29 is 9.53 Å². The van der Waals surface area contributed by atoms with E-state index in [1.54, 1.807) is 7.11 Å². The van der Waals surface area contributed by atoms with Gasteiger partial charge in [0, 0.05) is 26.8 Å². The topological polar surface area (TPSA) is 73.5 Å². The number of nitrogens with zero attached hydrogens (tertiary/aromatic N) is 3. The standard InChI is InChI=1S/C26H29N5O2/c1-30(2)24-16-22-21(27-25(28-22)17-31(3)19-8-6-5-7-9-19)15-23(24)29-26(32)14-18-10-12-20(33-4)13-11-18/h5-13,15-16H,14,17H2,1-4H3,(H,27,28)(H,29,32). The van der Waals surface area contributed by atoms with E-state index in [1.165, 1.54) is 0 Å². The van der Waals surface area contributed by atoms with Crippen LogP contribution in [0.4, 0.5) is 17.1 Å². The molecule has 4 aromatic rings. The van der Waals surface area contributed by atoms with Crippen molar-refractivity contribution in [2.24, 2.45) is 0 Å². The van der Waals surface area contributed by atoms with Crippen LogP contribution in [0.25, 0.3) is 11.0 Å². The second-order valence-electron chi connectivity index (χ2n) is 8.23. The third-order valence-electron chi connectivity index (χ3n) is 5.51. The average Bonchev–Trinajstić information content (AvgIpc) is 3.20. The molecule has 0 unspecified atom stereocenters. The Balaban J connectivity index is 1.54. The molecule has 1 amide bonds. The van der Waals surface area contributed by atoms with Gasteiger partial charge in [-0.1, -0.05) is 30.3 Å². The van der Waals surface area contributed by atoms with Crippen LogP contribution in [0.2, 0.25) is 0 Å². The van der Waals surface area contributed by atoms with Crippen LogP contribution in [0.15, 0.2) is 66.7 Å². The van der Waals surface area contributed by atoms with Crippen LogP contribution < -0.4 is 19.9 Å².